The zero-order valence-corrected chi connectivity index (χ0v) is 14.2. The molecule has 0 fully saturated rings. The van der Waals surface area contributed by atoms with E-state index in [0.717, 1.165) is 11.9 Å². The smallest absolute Gasteiger partial charge is 0.310 e. The average molecular weight is 326 g/mol. The van der Waals surface area contributed by atoms with Gasteiger partial charge in [-0.15, -0.1) is 0 Å². The normalized spacial score (nSPS) is 15.4. The van der Waals surface area contributed by atoms with Gasteiger partial charge in [0, 0.05) is 11.0 Å². The summed E-state index contributed by atoms with van der Waals surface area (Å²) >= 11 is 0. The van der Waals surface area contributed by atoms with E-state index in [4.69, 9.17) is 4.74 Å². The van der Waals surface area contributed by atoms with E-state index in [1.165, 1.54) is 7.11 Å². The summed E-state index contributed by atoms with van der Waals surface area (Å²) in [5.41, 5.74) is 2.10. The molecule has 0 saturated heterocycles. The van der Waals surface area contributed by atoms with Crippen molar-refractivity contribution in [1.29, 1.82) is 0 Å². The number of rotatable bonds is 6. The molecule has 2 rings (SSSR count). The van der Waals surface area contributed by atoms with Crippen LogP contribution in [0, 0.1) is 5.41 Å². The summed E-state index contributed by atoms with van der Waals surface area (Å²) in [5, 5.41) is 0. The van der Waals surface area contributed by atoms with Crippen LogP contribution in [0.4, 0.5) is 0 Å². The zero-order valence-electron chi connectivity index (χ0n) is 14.2. The van der Waals surface area contributed by atoms with Gasteiger partial charge in [0.05, 0.1) is 13.5 Å². The van der Waals surface area contributed by atoms with Crippen LogP contribution >= 0.6 is 0 Å². The second-order valence-corrected chi connectivity index (χ2v) is 6.28. The Morgan fingerprint density at radius 2 is 2.04 bits per heavy atom. The van der Waals surface area contributed by atoms with Crippen LogP contribution in [0.3, 0.4) is 0 Å². The molecule has 0 unspecified atom stereocenters. The van der Waals surface area contributed by atoms with Gasteiger partial charge in [-0.3, -0.25) is 9.59 Å². The molecule has 0 heterocycles. The lowest BCUT2D eigenvalue weighted by atomic mass is 9.91. The van der Waals surface area contributed by atoms with E-state index in [1.54, 1.807) is 18.2 Å². The van der Waals surface area contributed by atoms with E-state index < -0.39 is 5.97 Å². The Bertz CT molecular complexity index is 708. The maximum atomic E-state index is 11.5. The molecule has 0 amide bonds. The molecule has 1 aromatic rings. The number of allylic oxidation sites excluding steroid dienone is 4. The fraction of sp³-hybridized carbons (Fsp3) is 0.300. The van der Waals surface area contributed by atoms with E-state index >= 15 is 0 Å². The second-order valence-electron chi connectivity index (χ2n) is 6.28. The molecule has 0 aromatic heterocycles. The van der Waals surface area contributed by atoms with E-state index in [9.17, 15) is 9.59 Å². The first-order valence-electron chi connectivity index (χ1n) is 7.79. The zero-order chi connectivity index (χ0) is 17.6. The number of benzene rings is 1. The molecule has 126 valence electrons. The van der Waals surface area contributed by atoms with Gasteiger partial charge in [-0.2, -0.15) is 0 Å². The summed E-state index contributed by atoms with van der Waals surface area (Å²) in [5.74, 6) is 0.223. The van der Waals surface area contributed by atoms with Crippen LogP contribution in [0.2, 0.25) is 0 Å². The summed E-state index contributed by atoms with van der Waals surface area (Å²) in [4.78, 5) is 22.6. The fourth-order valence-electron chi connectivity index (χ4n) is 2.48. The largest absolute Gasteiger partial charge is 0.489 e. The van der Waals surface area contributed by atoms with Crippen molar-refractivity contribution in [3.8, 4) is 5.75 Å². The first-order chi connectivity index (χ1) is 11.4. The molecule has 4 nitrogen and oxygen atoms in total. The van der Waals surface area contributed by atoms with Crippen molar-refractivity contribution in [1.82, 2.24) is 0 Å². The van der Waals surface area contributed by atoms with Crippen LogP contribution in [0.1, 0.15) is 29.8 Å². The predicted octanol–water partition coefficient (Wildman–Crippen LogP) is 3.67. The van der Waals surface area contributed by atoms with Gasteiger partial charge in [0.1, 0.15) is 18.6 Å². The molecular formula is C20H22O4. The van der Waals surface area contributed by atoms with Crippen LogP contribution in [0.25, 0.3) is 0 Å². The summed E-state index contributed by atoms with van der Waals surface area (Å²) in [6.07, 6.45) is 11.1. The number of carbonyl (C=O) groups is 2. The highest BCUT2D eigenvalue weighted by atomic mass is 16.5. The van der Waals surface area contributed by atoms with E-state index in [0.29, 0.717) is 23.5 Å². The Morgan fingerprint density at radius 3 is 2.75 bits per heavy atom. The third-order valence-corrected chi connectivity index (χ3v) is 3.71. The molecule has 1 aromatic carbocycles. The van der Waals surface area contributed by atoms with E-state index in [-0.39, 0.29) is 11.8 Å². The van der Waals surface area contributed by atoms with Crippen molar-refractivity contribution >= 4 is 12.3 Å². The maximum absolute atomic E-state index is 11.5. The summed E-state index contributed by atoms with van der Waals surface area (Å²) in [7, 11) is 1.32. The Morgan fingerprint density at radius 1 is 1.25 bits per heavy atom. The first kappa shape index (κ1) is 17.7. The Hall–Kier alpha value is -2.62. The number of methoxy groups -OCH3 is 1. The average Bonchev–Trinajstić information content (AvgIpc) is 2.73. The van der Waals surface area contributed by atoms with Gasteiger partial charge in [0.15, 0.2) is 0 Å². The lowest BCUT2D eigenvalue weighted by Gasteiger charge is -2.16. The van der Waals surface area contributed by atoms with Gasteiger partial charge >= 0.3 is 5.97 Å². The SMILES string of the molecule is COC(=O)Cc1cc(OCC2=CC(C)(C)C=CC=C2)ccc1C=O. The van der Waals surface area contributed by atoms with Crippen LogP contribution in [-0.2, 0) is 16.0 Å². The van der Waals surface area contributed by atoms with Gasteiger partial charge < -0.3 is 9.47 Å². The molecular weight excluding hydrogens is 304 g/mol. The Labute approximate surface area is 142 Å². The lowest BCUT2D eigenvalue weighted by Crippen LogP contribution is -2.09. The number of ether oxygens (including phenoxy) is 2. The molecule has 24 heavy (non-hydrogen) atoms. The minimum atomic E-state index is -0.391. The highest BCUT2D eigenvalue weighted by molar-refractivity contribution is 5.82. The number of hydrogen-bond donors (Lipinski definition) is 0. The van der Waals surface area contributed by atoms with E-state index in [2.05, 4.69) is 30.7 Å². The van der Waals surface area contributed by atoms with Crippen LogP contribution in [0.5, 0.6) is 5.75 Å². The minimum absolute atomic E-state index is 0.0282. The van der Waals surface area contributed by atoms with E-state index in [1.807, 2.05) is 18.2 Å². The molecule has 0 N–H and O–H groups in total. The molecule has 0 spiro atoms. The Kier molecular flexibility index (Phi) is 5.74. The second kappa shape index (κ2) is 7.77. The predicted molar refractivity (Wildman–Crippen MR) is 93.2 cm³/mol. The van der Waals surface area contributed by atoms with Gasteiger partial charge in [0.2, 0.25) is 0 Å². The quantitative estimate of drug-likeness (QED) is 0.591. The molecule has 4 heteroatoms. The third kappa shape index (κ3) is 4.95. The van der Waals surface area contributed by atoms with Gasteiger partial charge in [-0.05, 0) is 29.3 Å². The number of hydrogen-bond acceptors (Lipinski definition) is 4. The van der Waals surface area contributed by atoms with Crippen LogP contribution in [-0.4, -0.2) is 26.0 Å². The maximum Gasteiger partial charge on any atom is 0.310 e. The lowest BCUT2D eigenvalue weighted by molar-refractivity contribution is -0.139. The number of aldehydes is 1. The molecule has 1 aliphatic carbocycles. The van der Waals surface area contributed by atoms with Gasteiger partial charge in [-0.1, -0.05) is 44.2 Å². The first-order valence-corrected chi connectivity index (χ1v) is 7.79. The molecule has 0 bridgehead atoms. The Balaban J connectivity index is 2.13. The number of esters is 1. The van der Waals surface area contributed by atoms with Crippen molar-refractivity contribution in [2.24, 2.45) is 5.41 Å². The molecule has 0 atom stereocenters. The van der Waals surface area contributed by atoms with Crippen molar-refractivity contribution in [3.05, 3.63) is 65.3 Å². The highest BCUT2D eigenvalue weighted by Crippen LogP contribution is 2.25. The van der Waals surface area contributed by atoms with Gasteiger partial charge in [-0.25, -0.2) is 0 Å². The highest BCUT2D eigenvalue weighted by Gasteiger charge is 2.13. The number of carbonyl (C=O) groups excluding carboxylic acids is 2. The summed E-state index contributed by atoms with van der Waals surface area (Å²) in [6, 6.07) is 5.10. The minimum Gasteiger partial charge on any atom is -0.489 e. The van der Waals surface area contributed by atoms with Crippen molar-refractivity contribution in [3.63, 3.8) is 0 Å². The molecule has 0 saturated carbocycles. The van der Waals surface area contributed by atoms with Crippen LogP contribution in [0.15, 0.2) is 54.2 Å². The topological polar surface area (TPSA) is 52.6 Å². The van der Waals surface area contributed by atoms with Gasteiger partial charge in [0.25, 0.3) is 0 Å². The fourth-order valence-corrected chi connectivity index (χ4v) is 2.48. The van der Waals surface area contributed by atoms with Crippen molar-refractivity contribution < 1.29 is 19.1 Å². The summed E-state index contributed by atoms with van der Waals surface area (Å²) < 4.78 is 10.5. The van der Waals surface area contributed by atoms with Crippen molar-refractivity contribution in [2.45, 2.75) is 20.3 Å². The molecule has 0 aliphatic heterocycles. The standard InChI is InChI=1S/C20H22O4/c1-20(2)9-5-4-6-15(12-20)14-24-18-8-7-16(13-21)17(10-18)11-19(22)23-3/h4-10,12-13H,11,14H2,1-3H3. The molecule has 1 aliphatic rings. The van der Waals surface area contributed by atoms with Crippen molar-refractivity contribution in [2.75, 3.05) is 13.7 Å². The van der Waals surface area contributed by atoms with Crippen LogP contribution < -0.4 is 4.74 Å². The molecule has 0 radical (unpaired) electrons. The summed E-state index contributed by atoms with van der Waals surface area (Å²) in [6.45, 7) is 4.67. The monoisotopic (exact) mass is 326 g/mol. The third-order valence-electron chi connectivity index (χ3n) is 3.71.